The quantitative estimate of drug-likeness (QED) is 0.464. The normalized spacial score (nSPS) is 10.0. The minimum absolute atomic E-state index is 0.0474. The number of carbonyl (C=O) groups excluding carboxylic acids is 2. The smallest absolute Gasteiger partial charge is 0.246 e. The second kappa shape index (κ2) is 14.9. The molecule has 0 saturated heterocycles. The Kier molecular flexibility index (Phi) is 15.3. The van der Waals surface area contributed by atoms with Crippen LogP contribution in [-0.4, -0.2) is 76.0 Å². The van der Waals surface area contributed by atoms with Gasteiger partial charge in [0.05, 0.1) is 0 Å². The molecule has 0 unspecified atom stereocenters. The van der Waals surface area contributed by atoms with Gasteiger partial charge in [-0.25, -0.2) is 0 Å². The van der Waals surface area contributed by atoms with Gasteiger partial charge >= 0.3 is 0 Å². The minimum atomic E-state index is -0.0474. The Morgan fingerprint density at radius 2 is 1.04 bits per heavy atom. The summed E-state index contributed by atoms with van der Waals surface area (Å²) in [5.41, 5.74) is 1.14. The Bertz CT molecular complexity index is 366. The van der Waals surface area contributed by atoms with Crippen LogP contribution < -0.4 is 10.6 Å². The van der Waals surface area contributed by atoms with Gasteiger partial charge in [0, 0.05) is 24.2 Å². The van der Waals surface area contributed by atoms with Crippen molar-refractivity contribution in [1.82, 2.24) is 20.4 Å². The van der Waals surface area contributed by atoms with Crippen LogP contribution in [0.2, 0.25) is 0 Å². The highest BCUT2D eigenvalue weighted by atomic mass is 16.2. The molecule has 6 nitrogen and oxygen atoms in total. The molecule has 0 aliphatic carbocycles. The van der Waals surface area contributed by atoms with Crippen LogP contribution in [0.4, 0.5) is 0 Å². The molecule has 2 amide bonds. The average molecular weight is 341 g/mol. The highest BCUT2D eigenvalue weighted by Gasteiger charge is 2.00. The Balaban J connectivity index is 0. The first-order valence-electron chi connectivity index (χ1n) is 8.24. The van der Waals surface area contributed by atoms with Crippen molar-refractivity contribution in [2.24, 2.45) is 0 Å². The van der Waals surface area contributed by atoms with Gasteiger partial charge in [0.2, 0.25) is 11.8 Å². The van der Waals surface area contributed by atoms with Gasteiger partial charge in [0.25, 0.3) is 0 Å². The van der Waals surface area contributed by atoms with Gasteiger partial charge < -0.3 is 20.4 Å². The van der Waals surface area contributed by atoms with Gasteiger partial charge in [-0.3, -0.25) is 9.59 Å². The van der Waals surface area contributed by atoms with Gasteiger partial charge in [-0.2, -0.15) is 0 Å². The molecule has 0 radical (unpaired) electrons. The zero-order chi connectivity index (χ0) is 19.1. The molecule has 24 heavy (non-hydrogen) atoms. The Hall–Kier alpha value is -1.66. The van der Waals surface area contributed by atoms with Crippen molar-refractivity contribution in [1.29, 1.82) is 0 Å². The highest BCUT2D eigenvalue weighted by molar-refractivity contribution is 5.92. The standard InChI is InChI=1S/2C9H18N2O/c2*1-8(2)9(12)10-6-5-7-11(3)4/h2*1,5-7H2,2-4H3,(H,10,12). The number of nitrogens with zero attached hydrogens (tertiary/aromatic N) is 2. The summed E-state index contributed by atoms with van der Waals surface area (Å²) in [5, 5.41) is 5.54. The van der Waals surface area contributed by atoms with Crippen LogP contribution in [0.1, 0.15) is 26.7 Å². The van der Waals surface area contributed by atoms with E-state index in [1.807, 2.05) is 28.2 Å². The molecule has 0 heterocycles. The molecule has 2 N–H and O–H groups in total. The van der Waals surface area contributed by atoms with E-state index in [1.54, 1.807) is 13.8 Å². The van der Waals surface area contributed by atoms with Crippen LogP contribution >= 0.6 is 0 Å². The van der Waals surface area contributed by atoms with Crippen LogP contribution in [-0.2, 0) is 9.59 Å². The van der Waals surface area contributed by atoms with Crippen molar-refractivity contribution >= 4 is 11.8 Å². The lowest BCUT2D eigenvalue weighted by Crippen LogP contribution is -2.27. The molecular weight excluding hydrogens is 304 g/mol. The molecule has 0 bridgehead atoms. The zero-order valence-corrected chi connectivity index (χ0v) is 16.4. The summed E-state index contributed by atoms with van der Waals surface area (Å²) in [6.07, 6.45) is 1.96. The summed E-state index contributed by atoms with van der Waals surface area (Å²) in [6, 6.07) is 0. The molecule has 0 rings (SSSR count). The van der Waals surface area contributed by atoms with E-state index >= 15 is 0 Å². The van der Waals surface area contributed by atoms with Crippen LogP contribution in [0.3, 0.4) is 0 Å². The predicted molar refractivity (Wildman–Crippen MR) is 102 cm³/mol. The molecule has 0 aromatic rings. The molecular formula is C18H36N4O2. The number of nitrogens with one attached hydrogen (secondary N) is 2. The van der Waals surface area contributed by atoms with E-state index in [0.717, 1.165) is 39.0 Å². The average Bonchev–Trinajstić information content (AvgIpc) is 2.47. The lowest BCUT2D eigenvalue weighted by atomic mass is 10.3. The van der Waals surface area contributed by atoms with Gasteiger partial charge in [-0.05, 0) is 68.0 Å². The summed E-state index contributed by atoms with van der Waals surface area (Å²) in [4.78, 5) is 26.1. The predicted octanol–water partition coefficient (Wildman–Crippen LogP) is 1.26. The minimum Gasteiger partial charge on any atom is -0.352 e. The van der Waals surface area contributed by atoms with Gasteiger partial charge in [-0.1, -0.05) is 13.2 Å². The highest BCUT2D eigenvalue weighted by Crippen LogP contribution is 1.87. The fourth-order valence-electron chi connectivity index (χ4n) is 1.50. The molecule has 0 aliphatic rings. The third kappa shape index (κ3) is 18.4. The number of amides is 2. The van der Waals surface area contributed by atoms with Crippen LogP contribution in [0.15, 0.2) is 24.3 Å². The molecule has 0 aromatic heterocycles. The Labute approximate surface area is 148 Å². The SMILES string of the molecule is C=C(C)C(=O)NCCCN(C)C.C=C(C)C(=O)NCCCN(C)C. The summed E-state index contributed by atoms with van der Waals surface area (Å²) in [6.45, 7) is 14.0. The fourth-order valence-corrected chi connectivity index (χ4v) is 1.50. The third-order valence-corrected chi connectivity index (χ3v) is 2.91. The molecule has 0 spiro atoms. The Morgan fingerprint density at radius 1 is 0.750 bits per heavy atom. The molecule has 0 aromatic carbocycles. The first-order valence-corrected chi connectivity index (χ1v) is 8.24. The van der Waals surface area contributed by atoms with Crippen molar-refractivity contribution in [3.8, 4) is 0 Å². The van der Waals surface area contributed by atoms with Crippen LogP contribution in [0.5, 0.6) is 0 Å². The van der Waals surface area contributed by atoms with Crippen molar-refractivity contribution < 1.29 is 9.59 Å². The molecule has 0 atom stereocenters. The zero-order valence-electron chi connectivity index (χ0n) is 16.4. The van der Waals surface area contributed by atoms with Crippen molar-refractivity contribution in [3.63, 3.8) is 0 Å². The van der Waals surface area contributed by atoms with Crippen LogP contribution in [0, 0.1) is 0 Å². The summed E-state index contributed by atoms with van der Waals surface area (Å²) in [5.74, 6) is -0.0949. The van der Waals surface area contributed by atoms with E-state index in [4.69, 9.17) is 0 Å². The third-order valence-electron chi connectivity index (χ3n) is 2.91. The van der Waals surface area contributed by atoms with E-state index in [-0.39, 0.29) is 11.8 Å². The first-order chi connectivity index (χ1) is 11.1. The van der Waals surface area contributed by atoms with E-state index in [2.05, 4.69) is 33.6 Å². The summed E-state index contributed by atoms with van der Waals surface area (Å²) in [7, 11) is 8.06. The van der Waals surface area contributed by atoms with Crippen molar-refractivity contribution in [2.75, 3.05) is 54.4 Å². The summed E-state index contributed by atoms with van der Waals surface area (Å²) < 4.78 is 0. The number of carbonyl (C=O) groups is 2. The second-order valence-corrected chi connectivity index (χ2v) is 6.39. The monoisotopic (exact) mass is 340 g/mol. The maximum absolute atomic E-state index is 11.0. The maximum Gasteiger partial charge on any atom is 0.246 e. The van der Waals surface area contributed by atoms with Gasteiger partial charge in [0.1, 0.15) is 0 Å². The largest absolute Gasteiger partial charge is 0.352 e. The molecule has 0 fully saturated rings. The van der Waals surface area contributed by atoms with Crippen molar-refractivity contribution in [3.05, 3.63) is 24.3 Å². The topological polar surface area (TPSA) is 64.7 Å². The first kappa shape index (κ1) is 24.6. The second-order valence-electron chi connectivity index (χ2n) is 6.39. The van der Waals surface area contributed by atoms with Crippen LogP contribution in [0.25, 0.3) is 0 Å². The lowest BCUT2D eigenvalue weighted by molar-refractivity contribution is -0.118. The number of rotatable bonds is 10. The van der Waals surface area contributed by atoms with E-state index in [9.17, 15) is 9.59 Å². The van der Waals surface area contributed by atoms with Crippen molar-refractivity contribution in [2.45, 2.75) is 26.7 Å². The fraction of sp³-hybridized carbons (Fsp3) is 0.667. The molecule has 140 valence electrons. The van der Waals surface area contributed by atoms with E-state index in [1.165, 1.54) is 0 Å². The van der Waals surface area contributed by atoms with E-state index < -0.39 is 0 Å². The summed E-state index contributed by atoms with van der Waals surface area (Å²) >= 11 is 0. The lowest BCUT2D eigenvalue weighted by Gasteiger charge is -2.09. The van der Waals surface area contributed by atoms with E-state index in [0.29, 0.717) is 11.1 Å². The molecule has 0 saturated carbocycles. The molecule has 0 aliphatic heterocycles. The van der Waals surface area contributed by atoms with Gasteiger partial charge in [0.15, 0.2) is 0 Å². The number of hydrogen-bond donors (Lipinski definition) is 2. The number of hydrogen-bond acceptors (Lipinski definition) is 4. The molecule has 6 heteroatoms. The maximum atomic E-state index is 11.0. The Morgan fingerprint density at radius 3 is 1.25 bits per heavy atom. The van der Waals surface area contributed by atoms with Gasteiger partial charge in [-0.15, -0.1) is 0 Å².